The van der Waals surface area contributed by atoms with Crippen molar-refractivity contribution in [2.75, 3.05) is 6.61 Å². The fourth-order valence-corrected chi connectivity index (χ4v) is 6.18. The van der Waals surface area contributed by atoms with Crippen LogP contribution in [0.4, 0.5) is 0 Å². The van der Waals surface area contributed by atoms with E-state index in [1.54, 1.807) is 25.1 Å². The highest BCUT2D eigenvalue weighted by Gasteiger charge is 2.31. The van der Waals surface area contributed by atoms with Gasteiger partial charge in [-0.3, -0.25) is 14.2 Å². The van der Waals surface area contributed by atoms with Gasteiger partial charge in [-0.25, -0.2) is 9.79 Å². The average Bonchev–Trinajstić information content (AvgIpc) is 3.50. The fourth-order valence-electron chi connectivity index (χ4n) is 5.22. The first kappa shape index (κ1) is 26.4. The molecule has 0 aliphatic carbocycles. The van der Waals surface area contributed by atoms with Crippen molar-refractivity contribution >= 4 is 40.1 Å². The molecule has 8 heteroatoms. The van der Waals surface area contributed by atoms with Crippen molar-refractivity contribution in [2.45, 2.75) is 26.4 Å². The minimum atomic E-state index is -0.772. The molecule has 6 rings (SSSR count). The largest absolute Gasteiger partial charge is 0.463 e. The summed E-state index contributed by atoms with van der Waals surface area (Å²) < 4.78 is 9.52. The van der Waals surface area contributed by atoms with Crippen molar-refractivity contribution in [3.05, 3.63) is 139 Å². The van der Waals surface area contributed by atoms with Gasteiger partial charge in [-0.15, -0.1) is 0 Å². The van der Waals surface area contributed by atoms with E-state index in [1.165, 1.54) is 34.6 Å². The van der Waals surface area contributed by atoms with Crippen LogP contribution in [0.25, 0.3) is 17.0 Å². The molecule has 204 valence electrons. The Hall–Kier alpha value is -4.82. The minimum absolute atomic E-state index is 0.104. The van der Waals surface area contributed by atoms with Crippen molar-refractivity contribution in [1.82, 2.24) is 9.13 Å². The van der Waals surface area contributed by atoms with Crippen LogP contribution in [0.2, 0.25) is 0 Å². The van der Waals surface area contributed by atoms with Crippen molar-refractivity contribution in [1.29, 1.82) is 0 Å². The first-order chi connectivity index (χ1) is 19.9. The number of carbonyl (C=O) groups is 2. The molecule has 2 aromatic heterocycles. The van der Waals surface area contributed by atoms with E-state index in [4.69, 9.17) is 4.74 Å². The summed E-state index contributed by atoms with van der Waals surface area (Å²) in [4.78, 5) is 44.1. The number of ketones is 1. The zero-order valence-electron chi connectivity index (χ0n) is 22.6. The quantitative estimate of drug-likeness (QED) is 0.215. The molecular formula is C33H27N3O4S. The summed E-state index contributed by atoms with van der Waals surface area (Å²) in [5.74, 6) is -0.652. The van der Waals surface area contributed by atoms with E-state index in [0.717, 1.165) is 16.5 Å². The van der Waals surface area contributed by atoms with E-state index >= 15 is 0 Å². The molecule has 1 atom stereocenters. The monoisotopic (exact) mass is 561 g/mol. The minimum Gasteiger partial charge on any atom is -0.463 e. The number of esters is 1. The summed E-state index contributed by atoms with van der Waals surface area (Å²) >= 11 is 1.27. The lowest BCUT2D eigenvalue weighted by atomic mass is 9.96. The van der Waals surface area contributed by atoms with Gasteiger partial charge < -0.3 is 9.30 Å². The molecule has 41 heavy (non-hydrogen) atoms. The average molecular weight is 562 g/mol. The molecule has 0 N–H and O–H groups in total. The van der Waals surface area contributed by atoms with Gasteiger partial charge in [0.15, 0.2) is 10.6 Å². The molecule has 7 nitrogen and oxygen atoms in total. The summed E-state index contributed by atoms with van der Waals surface area (Å²) in [5, 5.41) is 1.03. The molecule has 3 aromatic carbocycles. The first-order valence-corrected chi connectivity index (χ1v) is 14.2. The van der Waals surface area contributed by atoms with Gasteiger partial charge in [0.1, 0.15) is 0 Å². The number of rotatable bonds is 7. The molecule has 0 spiro atoms. The second-order valence-corrected chi connectivity index (χ2v) is 10.8. The smallest absolute Gasteiger partial charge is 0.338 e. The molecule has 0 radical (unpaired) electrons. The Bertz CT molecular complexity index is 2010. The molecule has 0 bridgehead atoms. The van der Waals surface area contributed by atoms with Gasteiger partial charge in [0.2, 0.25) is 0 Å². The predicted molar refractivity (Wildman–Crippen MR) is 160 cm³/mol. The third-order valence-electron chi connectivity index (χ3n) is 7.13. The third kappa shape index (κ3) is 4.98. The Labute approximate surface area is 240 Å². The third-order valence-corrected chi connectivity index (χ3v) is 8.12. The van der Waals surface area contributed by atoms with Crippen molar-refractivity contribution in [3.63, 3.8) is 0 Å². The number of fused-ring (bicyclic) bond motifs is 2. The molecule has 1 aliphatic rings. The predicted octanol–water partition coefficient (Wildman–Crippen LogP) is 4.61. The van der Waals surface area contributed by atoms with Crippen LogP contribution in [-0.2, 0) is 16.1 Å². The Morgan fingerprint density at radius 3 is 2.59 bits per heavy atom. The Kier molecular flexibility index (Phi) is 7.07. The van der Waals surface area contributed by atoms with E-state index in [-0.39, 0.29) is 23.5 Å². The molecule has 1 aliphatic heterocycles. The molecule has 0 saturated carbocycles. The number of nitrogens with zero attached hydrogens (tertiary/aromatic N) is 3. The van der Waals surface area contributed by atoms with Crippen LogP contribution in [0.15, 0.2) is 107 Å². The lowest BCUT2D eigenvalue weighted by molar-refractivity contribution is -0.139. The number of hydrogen-bond donors (Lipinski definition) is 0. The molecule has 0 saturated heterocycles. The number of para-hydroxylation sites is 1. The highest BCUT2D eigenvalue weighted by molar-refractivity contribution is 7.07. The number of carbonyl (C=O) groups excluding carboxylic acids is 2. The van der Waals surface area contributed by atoms with Gasteiger partial charge in [0, 0.05) is 41.0 Å². The van der Waals surface area contributed by atoms with Crippen LogP contribution in [0.5, 0.6) is 0 Å². The van der Waals surface area contributed by atoms with E-state index in [0.29, 0.717) is 27.0 Å². The zero-order valence-corrected chi connectivity index (χ0v) is 23.4. The molecule has 0 amide bonds. The maximum atomic E-state index is 14.0. The van der Waals surface area contributed by atoms with Crippen molar-refractivity contribution < 1.29 is 14.3 Å². The SMILES string of the molecule is CCOC(=O)C1=CN=c2s/c(=C\c3cn(Cc4ccccc4)c4ccccc34)c(=O)n2[C@@H]1c1cccc(C(C)=O)c1. The topological polar surface area (TPSA) is 82.7 Å². The maximum absolute atomic E-state index is 14.0. The van der Waals surface area contributed by atoms with E-state index in [9.17, 15) is 14.4 Å². The summed E-state index contributed by atoms with van der Waals surface area (Å²) in [6.07, 6.45) is 5.43. The summed E-state index contributed by atoms with van der Waals surface area (Å²) in [5.41, 5.74) is 4.28. The van der Waals surface area contributed by atoms with E-state index < -0.39 is 12.0 Å². The van der Waals surface area contributed by atoms with Gasteiger partial charge in [-0.05, 0) is 43.2 Å². The summed E-state index contributed by atoms with van der Waals surface area (Å²) in [6, 6.07) is 24.6. The second kappa shape index (κ2) is 11.0. The highest BCUT2D eigenvalue weighted by atomic mass is 32.1. The van der Waals surface area contributed by atoms with Crippen LogP contribution in [0, 0.1) is 0 Å². The first-order valence-electron chi connectivity index (χ1n) is 13.4. The van der Waals surface area contributed by atoms with Crippen LogP contribution in [-0.4, -0.2) is 27.5 Å². The molecule has 0 unspecified atom stereocenters. The van der Waals surface area contributed by atoms with Gasteiger partial charge in [-0.1, -0.05) is 78.1 Å². The lowest BCUT2D eigenvalue weighted by Gasteiger charge is -2.22. The van der Waals surface area contributed by atoms with Gasteiger partial charge in [0.25, 0.3) is 5.56 Å². The van der Waals surface area contributed by atoms with E-state index in [1.807, 2.05) is 42.5 Å². The number of Topliss-reactive ketones (excluding diaryl/α,β-unsaturated/α-hetero) is 1. The molecule has 5 aromatic rings. The molecule has 0 fully saturated rings. The van der Waals surface area contributed by atoms with Crippen LogP contribution in [0.3, 0.4) is 0 Å². The van der Waals surface area contributed by atoms with Gasteiger partial charge >= 0.3 is 5.97 Å². The van der Waals surface area contributed by atoms with Crippen LogP contribution >= 0.6 is 11.3 Å². The normalized spacial score (nSPS) is 14.8. The number of aromatic nitrogens is 2. The highest BCUT2D eigenvalue weighted by Crippen LogP contribution is 2.28. The Balaban J connectivity index is 1.50. The van der Waals surface area contributed by atoms with Crippen LogP contribution < -0.4 is 14.9 Å². The second-order valence-electron chi connectivity index (χ2n) is 9.80. The molecular weight excluding hydrogens is 534 g/mol. The maximum Gasteiger partial charge on any atom is 0.338 e. The Morgan fingerprint density at radius 2 is 1.80 bits per heavy atom. The van der Waals surface area contributed by atoms with Crippen molar-refractivity contribution in [3.8, 4) is 0 Å². The van der Waals surface area contributed by atoms with Gasteiger partial charge in [-0.2, -0.15) is 0 Å². The van der Waals surface area contributed by atoms with E-state index in [2.05, 4.69) is 40.0 Å². The zero-order chi connectivity index (χ0) is 28.5. The lowest BCUT2D eigenvalue weighted by Crippen LogP contribution is -2.39. The van der Waals surface area contributed by atoms with Gasteiger partial charge in [0.05, 0.1) is 22.8 Å². The molecule has 3 heterocycles. The standard InChI is InChI=1S/C33H27N3O4S/c1-3-40-32(39)27-18-34-33-36(30(27)24-13-9-12-23(16-24)21(2)37)31(38)29(41-33)17-25-20-35(19-22-10-5-4-6-11-22)28-15-8-7-14-26(25)28/h4-18,20,30H,3,19H2,1-2H3/b29-17-/t30-/m1/s1. The number of thiazole rings is 1. The van der Waals surface area contributed by atoms with Crippen molar-refractivity contribution in [2.24, 2.45) is 4.99 Å². The fraction of sp³-hybridized carbons (Fsp3) is 0.152. The number of hydrogen-bond acceptors (Lipinski definition) is 6. The van der Waals surface area contributed by atoms with Crippen LogP contribution in [0.1, 0.15) is 46.9 Å². The summed E-state index contributed by atoms with van der Waals surface area (Å²) in [6.45, 7) is 4.11. The number of benzene rings is 3. The summed E-state index contributed by atoms with van der Waals surface area (Å²) in [7, 11) is 0. The number of ether oxygens (including phenoxy) is 1. The Morgan fingerprint density at radius 1 is 1.02 bits per heavy atom.